The number of hydrogen-bond donors (Lipinski definition) is 1. The Hall–Kier alpha value is -3.14. The lowest BCUT2D eigenvalue weighted by molar-refractivity contribution is -0.132. The highest BCUT2D eigenvalue weighted by molar-refractivity contribution is 5.83. The van der Waals surface area contributed by atoms with Gasteiger partial charge >= 0.3 is 0 Å². The van der Waals surface area contributed by atoms with Crippen LogP contribution in [-0.2, 0) is 30.5 Å². The van der Waals surface area contributed by atoms with E-state index in [0.717, 1.165) is 57.4 Å². The first-order chi connectivity index (χ1) is 16.6. The highest BCUT2D eigenvalue weighted by Gasteiger charge is 2.41. The largest absolute Gasteiger partial charge is 0.356 e. The van der Waals surface area contributed by atoms with Crippen molar-refractivity contribution in [2.75, 3.05) is 24.5 Å². The number of carbonyl (C=O) groups is 1. The van der Waals surface area contributed by atoms with Crippen molar-refractivity contribution in [1.82, 2.24) is 10.3 Å². The van der Waals surface area contributed by atoms with Gasteiger partial charge in [-0.1, -0.05) is 74.5 Å². The van der Waals surface area contributed by atoms with Crippen molar-refractivity contribution in [2.45, 2.75) is 52.4 Å². The first-order valence-corrected chi connectivity index (χ1v) is 12.7. The summed E-state index contributed by atoms with van der Waals surface area (Å²) in [6, 6.07) is 23.4. The number of hydrogen-bond acceptors (Lipinski definition) is 3. The molecule has 1 saturated heterocycles. The van der Waals surface area contributed by atoms with Crippen LogP contribution in [0, 0.1) is 5.41 Å². The number of aryl methyl sites for hydroxylation is 2. The van der Waals surface area contributed by atoms with Gasteiger partial charge in [0.25, 0.3) is 0 Å². The zero-order valence-electron chi connectivity index (χ0n) is 20.6. The summed E-state index contributed by atoms with van der Waals surface area (Å²) >= 11 is 0. The van der Waals surface area contributed by atoms with Crippen LogP contribution in [0.25, 0.3) is 0 Å². The molecule has 1 aromatic heterocycles. The minimum atomic E-state index is -0.384. The molecule has 0 unspecified atom stereocenters. The normalized spacial score (nSPS) is 15.2. The molecule has 34 heavy (non-hydrogen) atoms. The quantitative estimate of drug-likeness (QED) is 0.470. The number of rotatable bonds is 9. The topological polar surface area (TPSA) is 45.2 Å². The third-order valence-electron chi connectivity index (χ3n) is 7.27. The second kappa shape index (κ2) is 11.3. The van der Waals surface area contributed by atoms with Crippen molar-refractivity contribution < 1.29 is 4.79 Å². The molecule has 178 valence electrons. The Morgan fingerprint density at radius 3 is 2.26 bits per heavy atom. The summed E-state index contributed by atoms with van der Waals surface area (Å²) in [6.45, 7) is 6.72. The summed E-state index contributed by atoms with van der Waals surface area (Å²) in [7, 11) is 0. The van der Waals surface area contributed by atoms with Gasteiger partial charge in [-0.15, -0.1) is 0 Å². The van der Waals surface area contributed by atoms with E-state index in [2.05, 4.69) is 83.6 Å². The number of anilines is 1. The number of nitrogens with one attached hydrogen (secondary N) is 1. The fourth-order valence-electron chi connectivity index (χ4n) is 5.06. The summed E-state index contributed by atoms with van der Waals surface area (Å²) in [5.41, 5.74) is 4.74. The van der Waals surface area contributed by atoms with Gasteiger partial charge in [0.1, 0.15) is 5.82 Å². The molecule has 4 rings (SSSR count). The van der Waals surface area contributed by atoms with Crippen LogP contribution in [0.4, 0.5) is 5.82 Å². The Balaban J connectivity index is 1.45. The number of nitrogens with zero attached hydrogens (tertiary/aromatic N) is 2. The maximum absolute atomic E-state index is 13.6. The molecule has 0 atom stereocenters. The van der Waals surface area contributed by atoms with Crippen LogP contribution in [0.1, 0.15) is 48.9 Å². The summed E-state index contributed by atoms with van der Waals surface area (Å²) in [5, 5.41) is 3.29. The second-order valence-electron chi connectivity index (χ2n) is 9.45. The zero-order chi connectivity index (χ0) is 23.8. The third kappa shape index (κ3) is 5.67. The number of amides is 1. The maximum Gasteiger partial charge on any atom is 0.226 e. The average Bonchev–Trinajstić information content (AvgIpc) is 2.90. The molecule has 1 amide bonds. The Kier molecular flexibility index (Phi) is 7.99. The van der Waals surface area contributed by atoms with Crippen molar-refractivity contribution in [3.8, 4) is 0 Å². The van der Waals surface area contributed by atoms with Gasteiger partial charge in [-0.05, 0) is 66.8 Å². The first kappa shape index (κ1) is 24.0. The molecule has 1 aliphatic heterocycles. The van der Waals surface area contributed by atoms with Gasteiger partial charge in [0.2, 0.25) is 5.91 Å². The highest BCUT2D eigenvalue weighted by atomic mass is 16.2. The van der Waals surface area contributed by atoms with Gasteiger partial charge in [-0.2, -0.15) is 0 Å². The van der Waals surface area contributed by atoms with E-state index >= 15 is 0 Å². The van der Waals surface area contributed by atoms with Crippen LogP contribution < -0.4 is 10.2 Å². The predicted octanol–water partition coefficient (Wildman–Crippen LogP) is 5.39. The Morgan fingerprint density at radius 1 is 0.882 bits per heavy atom. The predicted molar refractivity (Wildman–Crippen MR) is 140 cm³/mol. The fourth-order valence-corrected chi connectivity index (χ4v) is 5.06. The Morgan fingerprint density at radius 2 is 1.59 bits per heavy atom. The average molecular weight is 456 g/mol. The molecule has 0 aliphatic carbocycles. The number of carbonyl (C=O) groups excluding carboxylic acids is 1. The van der Waals surface area contributed by atoms with Crippen LogP contribution >= 0.6 is 0 Å². The van der Waals surface area contributed by atoms with E-state index in [1.807, 2.05) is 18.3 Å². The highest BCUT2D eigenvalue weighted by Crippen LogP contribution is 2.37. The molecular weight excluding hydrogens is 418 g/mol. The van der Waals surface area contributed by atoms with Crippen molar-refractivity contribution in [2.24, 2.45) is 5.41 Å². The van der Waals surface area contributed by atoms with Gasteiger partial charge < -0.3 is 10.2 Å². The lowest BCUT2D eigenvalue weighted by atomic mass is 9.73. The zero-order valence-corrected chi connectivity index (χ0v) is 20.6. The van der Waals surface area contributed by atoms with Crippen LogP contribution in [0.15, 0.2) is 72.9 Å². The van der Waals surface area contributed by atoms with Gasteiger partial charge in [-0.3, -0.25) is 4.79 Å². The third-order valence-corrected chi connectivity index (χ3v) is 7.27. The molecular formula is C30H37N3O. The number of benzene rings is 2. The first-order valence-electron chi connectivity index (χ1n) is 12.7. The molecule has 1 fully saturated rings. The number of pyridine rings is 1. The van der Waals surface area contributed by atoms with Gasteiger partial charge in [0.15, 0.2) is 0 Å². The standard InChI is InChI=1S/C30H37N3O/c1-3-24-12-14-25(15-13-24)16-20-32-29(34)30(23-26-9-6-5-7-10-26)17-21-33(22-18-30)28-27(4-2)11-8-19-31-28/h5-15,19H,3-4,16-18,20-23H2,1-2H3,(H,32,34). The summed E-state index contributed by atoms with van der Waals surface area (Å²) in [6.07, 6.45) is 7.19. The maximum atomic E-state index is 13.6. The summed E-state index contributed by atoms with van der Waals surface area (Å²) in [4.78, 5) is 20.7. The fraction of sp³-hybridized carbons (Fsp3) is 0.400. The van der Waals surface area contributed by atoms with Crippen molar-refractivity contribution in [3.05, 3.63) is 95.2 Å². The molecule has 0 saturated carbocycles. The van der Waals surface area contributed by atoms with E-state index in [0.29, 0.717) is 6.54 Å². The molecule has 0 spiro atoms. The SMILES string of the molecule is CCc1ccc(CCNC(=O)C2(Cc3ccccc3)CCN(c3ncccc3CC)CC2)cc1. The van der Waals surface area contributed by atoms with Crippen molar-refractivity contribution >= 4 is 11.7 Å². The monoisotopic (exact) mass is 455 g/mol. The molecule has 4 nitrogen and oxygen atoms in total. The molecule has 1 aliphatic rings. The molecule has 4 heteroatoms. The van der Waals surface area contributed by atoms with Crippen LogP contribution in [0.2, 0.25) is 0 Å². The molecule has 0 radical (unpaired) electrons. The van der Waals surface area contributed by atoms with E-state index in [1.54, 1.807) is 0 Å². The smallest absolute Gasteiger partial charge is 0.226 e. The minimum Gasteiger partial charge on any atom is -0.356 e. The molecule has 2 heterocycles. The van der Waals surface area contributed by atoms with E-state index in [9.17, 15) is 4.79 Å². The lowest BCUT2D eigenvalue weighted by Crippen LogP contribution is -2.50. The summed E-state index contributed by atoms with van der Waals surface area (Å²) < 4.78 is 0. The van der Waals surface area contributed by atoms with Crippen LogP contribution in [0.3, 0.4) is 0 Å². The minimum absolute atomic E-state index is 0.193. The second-order valence-corrected chi connectivity index (χ2v) is 9.45. The number of piperidine rings is 1. The van der Waals surface area contributed by atoms with Gasteiger partial charge in [0, 0.05) is 25.8 Å². The van der Waals surface area contributed by atoms with Crippen molar-refractivity contribution in [3.63, 3.8) is 0 Å². The van der Waals surface area contributed by atoms with E-state index < -0.39 is 0 Å². The van der Waals surface area contributed by atoms with E-state index in [4.69, 9.17) is 0 Å². The Bertz CT molecular complexity index is 1050. The van der Waals surface area contributed by atoms with Gasteiger partial charge in [0.05, 0.1) is 5.41 Å². The van der Waals surface area contributed by atoms with Crippen LogP contribution in [-0.4, -0.2) is 30.5 Å². The molecule has 0 bridgehead atoms. The van der Waals surface area contributed by atoms with E-state index in [-0.39, 0.29) is 11.3 Å². The Labute approximate surface area is 204 Å². The summed E-state index contributed by atoms with van der Waals surface area (Å²) in [5.74, 6) is 1.27. The van der Waals surface area contributed by atoms with Crippen LogP contribution in [0.5, 0.6) is 0 Å². The van der Waals surface area contributed by atoms with E-state index in [1.165, 1.54) is 22.3 Å². The molecule has 1 N–H and O–H groups in total. The molecule has 2 aromatic carbocycles. The molecule has 3 aromatic rings. The lowest BCUT2D eigenvalue weighted by Gasteiger charge is -2.41. The van der Waals surface area contributed by atoms with Gasteiger partial charge in [-0.25, -0.2) is 4.98 Å². The number of aromatic nitrogens is 1. The van der Waals surface area contributed by atoms with Crippen molar-refractivity contribution in [1.29, 1.82) is 0 Å².